The van der Waals surface area contributed by atoms with Crippen molar-refractivity contribution in [2.45, 2.75) is 31.2 Å². The molecule has 0 bridgehead atoms. The maximum Gasteiger partial charge on any atom is 0.251 e. The van der Waals surface area contributed by atoms with Crippen LogP contribution in [0.25, 0.3) is 10.2 Å². The van der Waals surface area contributed by atoms with Crippen molar-refractivity contribution in [3.8, 4) is 11.5 Å². The number of hydrogen-bond donors (Lipinski definition) is 0. The molecule has 1 aromatic heterocycles. The molecule has 0 unspecified atom stereocenters. The number of amides is 1. The highest BCUT2D eigenvalue weighted by Crippen LogP contribution is 2.27. The van der Waals surface area contributed by atoms with Crippen molar-refractivity contribution in [1.82, 2.24) is 8.87 Å². The Balaban J connectivity index is 1.51. The molecule has 1 aliphatic heterocycles. The Morgan fingerprint density at radius 3 is 2.49 bits per heavy atom. The van der Waals surface area contributed by atoms with Crippen LogP contribution in [0.1, 0.15) is 19.8 Å². The first-order valence-electron chi connectivity index (χ1n) is 11.5. The zero-order valence-electron chi connectivity index (χ0n) is 19.8. The SMILES string of the molecule is C=CCn1c(=NC(=O)C2CCN(S(=O)(=O)c3ccc(OC)cc3)CC2)sc2cc(OCC)ccc21. The second-order valence-corrected chi connectivity index (χ2v) is 11.1. The Bertz CT molecular complexity index is 1380. The third-order valence-corrected chi connectivity index (χ3v) is 8.94. The predicted octanol–water partition coefficient (Wildman–Crippen LogP) is 3.82. The van der Waals surface area contributed by atoms with Crippen LogP contribution >= 0.6 is 11.3 Å². The molecule has 3 aromatic rings. The second-order valence-electron chi connectivity index (χ2n) is 8.15. The number of methoxy groups -OCH3 is 1. The molecule has 0 N–H and O–H groups in total. The monoisotopic (exact) mass is 515 g/mol. The molecule has 186 valence electrons. The van der Waals surface area contributed by atoms with Gasteiger partial charge in [0.1, 0.15) is 11.5 Å². The second kappa shape index (κ2) is 10.8. The van der Waals surface area contributed by atoms with E-state index < -0.39 is 10.0 Å². The van der Waals surface area contributed by atoms with Crippen LogP contribution in [0.4, 0.5) is 0 Å². The molecule has 1 aliphatic rings. The van der Waals surface area contributed by atoms with E-state index in [1.54, 1.807) is 18.2 Å². The number of benzene rings is 2. The van der Waals surface area contributed by atoms with Gasteiger partial charge in [0.2, 0.25) is 10.0 Å². The third kappa shape index (κ3) is 5.34. The molecule has 1 fully saturated rings. The summed E-state index contributed by atoms with van der Waals surface area (Å²) in [5.74, 6) is 0.828. The van der Waals surface area contributed by atoms with Gasteiger partial charge in [-0.2, -0.15) is 9.30 Å². The van der Waals surface area contributed by atoms with Crippen LogP contribution in [0.15, 0.2) is 65.0 Å². The van der Waals surface area contributed by atoms with Crippen molar-refractivity contribution in [2.24, 2.45) is 10.9 Å². The lowest BCUT2D eigenvalue weighted by atomic mass is 9.98. The first-order chi connectivity index (χ1) is 16.9. The van der Waals surface area contributed by atoms with Gasteiger partial charge in [-0.05, 0) is 62.2 Å². The van der Waals surface area contributed by atoms with E-state index in [1.165, 1.54) is 34.9 Å². The average molecular weight is 516 g/mol. The molecule has 0 spiro atoms. The van der Waals surface area contributed by atoms with E-state index in [2.05, 4.69) is 11.6 Å². The Morgan fingerprint density at radius 1 is 1.17 bits per heavy atom. The fraction of sp³-hybridized carbons (Fsp3) is 0.360. The van der Waals surface area contributed by atoms with E-state index in [1.807, 2.05) is 29.7 Å². The highest BCUT2D eigenvalue weighted by atomic mass is 32.2. The number of aromatic nitrogens is 1. The molecule has 0 radical (unpaired) electrons. The lowest BCUT2D eigenvalue weighted by Gasteiger charge is -2.29. The number of sulfonamides is 1. The molecule has 8 nitrogen and oxygen atoms in total. The van der Waals surface area contributed by atoms with Gasteiger partial charge in [-0.15, -0.1) is 6.58 Å². The number of carbonyl (C=O) groups excluding carboxylic acids is 1. The van der Waals surface area contributed by atoms with Crippen molar-refractivity contribution < 1.29 is 22.7 Å². The smallest absolute Gasteiger partial charge is 0.251 e. The fourth-order valence-corrected chi connectivity index (χ4v) is 6.67. The minimum Gasteiger partial charge on any atom is -0.497 e. The standard InChI is InChI=1S/C25H29N3O5S2/c1-4-14-28-22-11-8-20(33-5-2)17-23(22)34-25(28)26-24(29)18-12-15-27(16-13-18)35(30,31)21-9-6-19(32-3)7-10-21/h4,6-11,17-18H,1,5,12-16H2,2-3H3. The van der Waals surface area contributed by atoms with Crippen LogP contribution in [-0.2, 0) is 21.4 Å². The first-order valence-corrected chi connectivity index (χ1v) is 13.7. The van der Waals surface area contributed by atoms with E-state index >= 15 is 0 Å². The van der Waals surface area contributed by atoms with Gasteiger partial charge >= 0.3 is 0 Å². The van der Waals surface area contributed by atoms with Crippen LogP contribution in [0, 0.1) is 5.92 Å². The number of carbonyl (C=O) groups is 1. The maximum absolute atomic E-state index is 13.1. The molecule has 2 heterocycles. The molecule has 2 aromatic carbocycles. The normalized spacial score (nSPS) is 15.9. The highest BCUT2D eigenvalue weighted by Gasteiger charge is 2.32. The number of fused-ring (bicyclic) bond motifs is 1. The Morgan fingerprint density at radius 2 is 1.86 bits per heavy atom. The van der Waals surface area contributed by atoms with Crippen molar-refractivity contribution in [3.05, 3.63) is 59.9 Å². The summed E-state index contributed by atoms with van der Waals surface area (Å²) in [6, 6.07) is 12.2. The molecular formula is C25H29N3O5S2. The van der Waals surface area contributed by atoms with Crippen LogP contribution in [-0.4, -0.2) is 50.0 Å². The number of allylic oxidation sites excluding steroid dienone is 1. The summed E-state index contributed by atoms with van der Waals surface area (Å²) in [4.78, 5) is 18.3. The van der Waals surface area contributed by atoms with Crippen LogP contribution in [0.5, 0.6) is 11.5 Å². The van der Waals surface area contributed by atoms with Crippen LogP contribution in [0.3, 0.4) is 0 Å². The summed E-state index contributed by atoms with van der Waals surface area (Å²) in [6.07, 6.45) is 2.63. The van der Waals surface area contributed by atoms with Crippen LogP contribution in [0.2, 0.25) is 0 Å². The Kier molecular flexibility index (Phi) is 7.73. The van der Waals surface area contributed by atoms with Crippen molar-refractivity contribution in [3.63, 3.8) is 0 Å². The lowest BCUT2D eigenvalue weighted by molar-refractivity contribution is -0.122. The molecule has 10 heteroatoms. The molecular weight excluding hydrogens is 486 g/mol. The topological polar surface area (TPSA) is 90.2 Å². The van der Waals surface area contributed by atoms with E-state index in [4.69, 9.17) is 9.47 Å². The number of hydrogen-bond acceptors (Lipinski definition) is 6. The van der Waals surface area contributed by atoms with E-state index in [0.29, 0.717) is 36.5 Å². The lowest BCUT2D eigenvalue weighted by Crippen LogP contribution is -2.40. The van der Waals surface area contributed by atoms with Gasteiger partial charge < -0.3 is 14.0 Å². The van der Waals surface area contributed by atoms with Crippen molar-refractivity contribution in [2.75, 3.05) is 26.8 Å². The number of rotatable bonds is 8. The largest absolute Gasteiger partial charge is 0.497 e. The predicted molar refractivity (Wildman–Crippen MR) is 136 cm³/mol. The number of thiazole rings is 1. The van der Waals surface area contributed by atoms with E-state index in [9.17, 15) is 13.2 Å². The van der Waals surface area contributed by atoms with E-state index in [0.717, 1.165) is 16.0 Å². The summed E-state index contributed by atoms with van der Waals surface area (Å²) in [5, 5.41) is 0. The van der Waals surface area contributed by atoms with Gasteiger partial charge in [-0.25, -0.2) is 8.42 Å². The number of nitrogens with zero attached hydrogens (tertiary/aromatic N) is 3. The first kappa shape index (κ1) is 25.2. The van der Waals surface area contributed by atoms with Crippen molar-refractivity contribution >= 4 is 37.5 Å². The van der Waals surface area contributed by atoms with Gasteiger partial charge in [0.25, 0.3) is 5.91 Å². The molecule has 0 atom stereocenters. The fourth-order valence-electron chi connectivity index (χ4n) is 4.13. The Labute approximate surface area is 209 Å². The molecule has 4 rings (SSSR count). The average Bonchev–Trinajstić information content (AvgIpc) is 3.20. The molecule has 35 heavy (non-hydrogen) atoms. The summed E-state index contributed by atoms with van der Waals surface area (Å²) in [5.41, 5.74) is 0.963. The quantitative estimate of drug-likeness (QED) is 0.426. The van der Waals surface area contributed by atoms with Gasteiger partial charge in [-0.3, -0.25) is 4.79 Å². The zero-order chi connectivity index (χ0) is 25.0. The summed E-state index contributed by atoms with van der Waals surface area (Å²) < 4.78 is 41.1. The minimum atomic E-state index is -3.62. The molecule has 1 amide bonds. The minimum absolute atomic E-state index is 0.218. The van der Waals surface area contributed by atoms with Gasteiger partial charge in [-0.1, -0.05) is 17.4 Å². The number of piperidine rings is 1. The molecule has 0 aliphatic carbocycles. The van der Waals surface area contributed by atoms with Crippen LogP contribution < -0.4 is 14.3 Å². The zero-order valence-corrected chi connectivity index (χ0v) is 21.5. The van der Waals surface area contributed by atoms with Crippen molar-refractivity contribution in [1.29, 1.82) is 0 Å². The molecule has 1 saturated heterocycles. The summed E-state index contributed by atoms with van der Waals surface area (Å²) in [7, 11) is -2.09. The van der Waals surface area contributed by atoms with Gasteiger partial charge in [0.05, 0.1) is 28.8 Å². The van der Waals surface area contributed by atoms with E-state index in [-0.39, 0.29) is 29.8 Å². The van der Waals surface area contributed by atoms with Gasteiger partial charge in [0.15, 0.2) is 4.80 Å². The maximum atomic E-state index is 13.1. The highest BCUT2D eigenvalue weighted by molar-refractivity contribution is 7.89. The summed E-state index contributed by atoms with van der Waals surface area (Å²) in [6.45, 7) is 7.41. The third-order valence-electron chi connectivity index (χ3n) is 5.98. The van der Waals surface area contributed by atoms with Gasteiger partial charge in [0, 0.05) is 25.6 Å². The Hall–Kier alpha value is -2.95. The summed E-state index contributed by atoms with van der Waals surface area (Å²) >= 11 is 1.43. The number of ether oxygens (including phenoxy) is 2. The molecule has 0 saturated carbocycles.